The van der Waals surface area contributed by atoms with Crippen molar-refractivity contribution in [3.63, 3.8) is 0 Å². The van der Waals surface area contributed by atoms with Crippen LogP contribution in [-0.2, 0) is 21.7 Å². The van der Waals surface area contributed by atoms with Crippen molar-refractivity contribution in [2.45, 2.75) is 77.0 Å². The molecule has 0 saturated heterocycles. The normalized spacial score (nSPS) is 15.1. The van der Waals surface area contributed by atoms with Gasteiger partial charge in [0.2, 0.25) is 0 Å². The van der Waals surface area contributed by atoms with Crippen LogP contribution in [0.1, 0.15) is 77.6 Å². The molecule has 392 valence electrons. The molecular formula is C75H61N5S. The zero-order chi connectivity index (χ0) is 55.4. The molecule has 81 heavy (non-hydrogen) atoms. The first kappa shape index (κ1) is 50.3. The first-order chi connectivity index (χ1) is 39.2. The summed E-state index contributed by atoms with van der Waals surface area (Å²) in [6, 6.07) is 79.8. The third-order valence-electron chi connectivity index (χ3n) is 18.7. The Kier molecular flexibility index (Phi) is 11.7. The molecular weight excluding hydrogens is 1000 g/mol. The number of aromatic nitrogens is 5. The topological polar surface area (TPSA) is 64.5 Å². The molecule has 0 spiro atoms. The zero-order valence-electron chi connectivity index (χ0n) is 47.0. The monoisotopic (exact) mass is 1060 g/mol. The number of hydrogen-bond donors (Lipinski definition) is 0. The van der Waals surface area contributed by atoms with Gasteiger partial charge in [-0.15, -0.1) is 11.3 Å². The highest BCUT2D eigenvalue weighted by molar-refractivity contribution is 7.25. The third-order valence-corrected chi connectivity index (χ3v) is 19.9. The lowest BCUT2D eigenvalue weighted by Crippen LogP contribution is -2.43. The Morgan fingerprint density at radius 1 is 0.284 bits per heavy atom. The molecule has 0 amide bonds. The number of nitrogens with zero attached hydrogens (tertiary/aromatic N) is 5. The molecule has 0 saturated carbocycles. The van der Waals surface area contributed by atoms with E-state index in [2.05, 4.69) is 250 Å². The maximum Gasteiger partial charge on any atom is 0.164 e. The molecule has 15 rings (SSSR count). The van der Waals surface area contributed by atoms with Gasteiger partial charge in [-0.2, -0.15) is 0 Å². The molecule has 0 fully saturated rings. The van der Waals surface area contributed by atoms with E-state index in [0.717, 1.165) is 50.2 Å². The average Bonchev–Trinajstić information content (AvgIpc) is 3.41. The molecule has 0 unspecified atom stereocenters. The molecule has 13 aromatic rings. The van der Waals surface area contributed by atoms with E-state index in [1.807, 2.05) is 41.7 Å². The Balaban J connectivity index is 0.000000146. The highest BCUT2D eigenvalue weighted by Gasteiger charge is 2.48. The minimum absolute atomic E-state index is 0.0284. The minimum Gasteiger partial charge on any atom is -0.244 e. The summed E-state index contributed by atoms with van der Waals surface area (Å²) in [6.07, 6.45) is 0. The predicted octanol–water partition coefficient (Wildman–Crippen LogP) is 19.8. The highest BCUT2D eigenvalue weighted by Crippen LogP contribution is 2.58. The lowest BCUT2D eigenvalue weighted by molar-refractivity contribution is 0.299. The molecule has 2 aliphatic rings. The zero-order valence-corrected chi connectivity index (χ0v) is 47.8. The van der Waals surface area contributed by atoms with Gasteiger partial charge in [0.05, 0.1) is 22.4 Å². The van der Waals surface area contributed by atoms with Gasteiger partial charge in [0, 0.05) is 48.0 Å². The van der Waals surface area contributed by atoms with E-state index >= 15 is 0 Å². The van der Waals surface area contributed by atoms with Crippen molar-refractivity contribution in [1.82, 2.24) is 24.9 Å². The van der Waals surface area contributed by atoms with E-state index in [4.69, 9.17) is 24.9 Å². The van der Waals surface area contributed by atoms with Gasteiger partial charge >= 0.3 is 0 Å². The van der Waals surface area contributed by atoms with Gasteiger partial charge in [-0.1, -0.05) is 250 Å². The number of rotatable bonds is 5. The van der Waals surface area contributed by atoms with E-state index in [1.54, 1.807) is 0 Å². The van der Waals surface area contributed by atoms with Crippen LogP contribution in [-0.4, -0.2) is 24.9 Å². The van der Waals surface area contributed by atoms with E-state index in [9.17, 15) is 0 Å². The summed E-state index contributed by atoms with van der Waals surface area (Å²) in [5.41, 5.74) is 19.1. The first-order valence-corrected chi connectivity index (χ1v) is 29.0. The van der Waals surface area contributed by atoms with E-state index in [0.29, 0.717) is 17.5 Å². The summed E-state index contributed by atoms with van der Waals surface area (Å²) in [6.45, 7) is 18.9. The largest absolute Gasteiger partial charge is 0.244 e. The summed E-state index contributed by atoms with van der Waals surface area (Å²) in [5, 5.41) is 4.96. The van der Waals surface area contributed by atoms with Gasteiger partial charge in [0.1, 0.15) is 0 Å². The fourth-order valence-electron chi connectivity index (χ4n) is 12.9. The van der Waals surface area contributed by atoms with Crippen molar-refractivity contribution in [2.24, 2.45) is 0 Å². The van der Waals surface area contributed by atoms with Gasteiger partial charge in [-0.3, -0.25) is 0 Å². The Morgan fingerprint density at radius 3 is 1.43 bits per heavy atom. The van der Waals surface area contributed by atoms with Crippen LogP contribution in [0.5, 0.6) is 0 Å². The smallest absolute Gasteiger partial charge is 0.164 e. The first-order valence-electron chi connectivity index (χ1n) is 28.2. The van der Waals surface area contributed by atoms with Gasteiger partial charge in [0.25, 0.3) is 0 Å². The highest BCUT2D eigenvalue weighted by atomic mass is 32.1. The molecule has 0 bridgehead atoms. The van der Waals surface area contributed by atoms with Crippen molar-refractivity contribution in [1.29, 1.82) is 0 Å². The molecule has 0 atom stereocenters. The average molecular weight is 1060 g/mol. The Morgan fingerprint density at radius 2 is 0.753 bits per heavy atom. The Hall–Kier alpha value is -8.97. The van der Waals surface area contributed by atoms with Crippen molar-refractivity contribution < 1.29 is 0 Å². The van der Waals surface area contributed by atoms with Crippen molar-refractivity contribution in [3.05, 3.63) is 247 Å². The summed E-state index contributed by atoms with van der Waals surface area (Å²) in [4.78, 5) is 25.9. The SMILES string of the molecule is CC1(C)c2ccccc2-c2c(-c3nc(-c4ccccc4)nc(-c4ccc5ccccc5c4)n3)cccc2C1(C)C.CC1(C)c2ccccc2-c2c(-c3nc4ccccc4nc3-c3ccc4c(c3)sc3ccccc34)cccc2C1(C)C. The molecule has 5 nitrogen and oxygen atoms in total. The molecule has 0 aliphatic heterocycles. The molecule has 6 heteroatoms. The summed E-state index contributed by atoms with van der Waals surface area (Å²) in [7, 11) is 0. The molecule has 10 aromatic carbocycles. The Labute approximate surface area is 478 Å². The molecule has 3 aromatic heterocycles. The molecule has 3 heterocycles. The quantitative estimate of drug-likeness (QED) is 0.172. The number of hydrogen-bond acceptors (Lipinski definition) is 6. The van der Waals surface area contributed by atoms with Crippen LogP contribution in [0, 0.1) is 0 Å². The number of thiophene rings is 1. The van der Waals surface area contributed by atoms with Crippen molar-refractivity contribution >= 4 is 53.3 Å². The summed E-state index contributed by atoms with van der Waals surface area (Å²) >= 11 is 1.84. The summed E-state index contributed by atoms with van der Waals surface area (Å²) in [5.74, 6) is 2.05. The van der Waals surface area contributed by atoms with Crippen LogP contribution in [0.3, 0.4) is 0 Å². The van der Waals surface area contributed by atoms with Gasteiger partial charge in [-0.05, 0) is 107 Å². The number of fused-ring (bicyclic) bond motifs is 11. The standard InChI is InChI=1S/C38H30N2S.C37H31N3/c1-37(2)28-15-7-5-13-26(28)34-27(14-11-16-29(34)38(37,3)4)36-35(39-30-17-8-9-18-31(30)40-36)23-20-21-25-24-12-6-10-19-32(24)41-33(25)22-23;1-36(2)30-19-11-10-17-28(30)32-29(18-12-20-31(32)37(36,3)4)35-39-33(25-14-6-5-7-15-25)38-34(40-35)27-22-21-24-13-8-9-16-26(24)23-27/h5-22H,1-4H3;5-23H,1-4H3. The third kappa shape index (κ3) is 7.97. The van der Waals surface area contributed by atoms with Crippen molar-refractivity contribution in [3.8, 4) is 78.9 Å². The van der Waals surface area contributed by atoms with Gasteiger partial charge in [-0.25, -0.2) is 24.9 Å². The van der Waals surface area contributed by atoms with Crippen LogP contribution < -0.4 is 0 Å². The second-order valence-corrected chi connectivity index (χ2v) is 25.1. The second kappa shape index (κ2) is 18.8. The van der Waals surface area contributed by atoms with E-state index in [1.165, 1.54) is 75.5 Å². The van der Waals surface area contributed by atoms with Gasteiger partial charge < -0.3 is 0 Å². The number of benzene rings is 10. The Bertz CT molecular complexity index is 4660. The fraction of sp³-hybridized carbons (Fsp3) is 0.160. The van der Waals surface area contributed by atoms with Crippen LogP contribution in [0.2, 0.25) is 0 Å². The summed E-state index contributed by atoms with van der Waals surface area (Å²) < 4.78 is 2.58. The second-order valence-electron chi connectivity index (χ2n) is 24.0. The van der Waals surface area contributed by atoms with Crippen molar-refractivity contribution in [2.75, 3.05) is 0 Å². The van der Waals surface area contributed by atoms with E-state index in [-0.39, 0.29) is 21.7 Å². The fourth-order valence-corrected chi connectivity index (χ4v) is 14.0. The minimum atomic E-state index is -0.0941. The molecule has 2 aliphatic carbocycles. The lowest BCUT2D eigenvalue weighted by atomic mass is 9.55. The van der Waals surface area contributed by atoms with Crippen LogP contribution in [0.4, 0.5) is 0 Å². The maximum absolute atomic E-state index is 5.35. The van der Waals surface area contributed by atoms with Crippen LogP contribution >= 0.6 is 11.3 Å². The molecule has 0 radical (unpaired) electrons. The van der Waals surface area contributed by atoms with Gasteiger partial charge in [0.15, 0.2) is 17.5 Å². The van der Waals surface area contributed by atoms with Crippen LogP contribution in [0.25, 0.3) is 121 Å². The predicted molar refractivity (Wildman–Crippen MR) is 340 cm³/mol. The van der Waals surface area contributed by atoms with Crippen LogP contribution in [0.15, 0.2) is 224 Å². The lowest BCUT2D eigenvalue weighted by Gasteiger charge is -2.48. The molecule has 0 N–H and O–H groups in total. The van der Waals surface area contributed by atoms with E-state index < -0.39 is 0 Å². The maximum atomic E-state index is 5.35. The number of para-hydroxylation sites is 2.